The zero-order valence-electron chi connectivity index (χ0n) is 21.0. The standard InChI is InChI=1S/C28H28N6O3/c1-4-6-24(35)32-14-13-21(16-32)34-27-25(26(29)30-17-31-27)33(28(34)36)20-9-11-22(12-10-20)37-23-8-5-7-19(15-23)18(2)3/h5,7-12,15,17-18,21H,13-14,16H2,1-3H3,(H2,29,30,31)/t21-/m1/s1. The molecule has 1 amide bonds. The quantitative estimate of drug-likeness (QED) is 0.420. The molecule has 2 aromatic heterocycles. The van der Waals surface area contributed by atoms with E-state index >= 15 is 0 Å². The van der Waals surface area contributed by atoms with Gasteiger partial charge in [0.1, 0.15) is 23.3 Å². The van der Waals surface area contributed by atoms with Gasteiger partial charge in [-0.25, -0.2) is 14.8 Å². The van der Waals surface area contributed by atoms with Crippen LogP contribution in [0, 0.1) is 11.8 Å². The molecule has 4 aromatic rings. The maximum atomic E-state index is 13.7. The number of aromatic nitrogens is 4. The minimum absolute atomic E-state index is 0.203. The highest BCUT2D eigenvalue weighted by Crippen LogP contribution is 2.29. The highest BCUT2D eigenvalue weighted by atomic mass is 16.5. The summed E-state index contributed by atoms with van der Waals surface area (Å²) in [7, 11) is 0. The van der Waals surface area contributed by atoms with Crippen LogP contribution in [-0.2, 0) is 4.79 Å². The molecule has 0 unspecified atom stereocenters. The Morgan fingerprint density at radius 2 is 1.92 bits per heavy atom. The summed E-state index contributed by atoms with van der Waals surface area (Å²) in [6.45, 7) is 6.79. The number of carbonyl (C=O) groups excluding carboxylic acids is 1. The number of fused-ring (bicyclic) bond motifs is 1. The zero-order chi connectivity index (χ0) is 26.1. The summed E-state index contributed by atoms with van der Waals surface area (Å²) in [5.41, 5.74) is 8.61. The Bertz CT molecular complexity index is 1590. The lowest BCUT2D eigenvalue weighted by Crippen LogP contribution is -2.31. The molecule has 0 radical (unpaired) electrons. The van der Waals surface area contributed by atoms with Crippen molar-refractivity contribution in [2.24, 2.45) is 0 Å². The average Bonchev–Trinajstić information content (AvgIpc) is 3.48. The molecule has 0 spiro atoms. The Kier molecular flexibility index (Phi) is 6.40. The molecular formula is C28H28N6O3. The van der Waals surface area contributed by atoms with Gasteiger partial charge in [0.2, 0.25) is 0 Å². The second-order valence-corrected chi connectivity index (χ2v) is 9.31. The summed E-state index contributed by atoms with van der Waals surface area (Å²) in [5.74, 6) is 6.96. The first kappa shape index (κ1) is 24.1. The molecule has 2 N–H and O–H groups in total. The summed E-state index contributed by atoms with van der Waals surface area (Å²) in [5, 5.41) is 0. The number of hydrogen-bond acceptors (Lipinski definition) is 6. The third-order valence-corrected chi connectivity index (χ3v) is 6.58. The van der Waals surface area contributed by atoms with Gasteiger partial charge in [0.25, 0.3) is 5.91 Å². The van der Waals surface area contributed by atoms with Crippen LogP contribution in [0.1, 0.15) is 44.7 Å². The Morgan fingerprint density at radius 1 is 1.14 bits per heavy atom. The van der Waals surface area contributed by atoms with Crippen LogP contribution in [0.25, 0.3) is 16.9 Å². The van der Waals surface area contributed by atoms with Gasteiger partial charge in [0, 0.05) is 13.1 Å². The number of benzene rings is 2. The largest absolute Gasteiger partial charge is 0.457 e. The van der Waals surface area contributed by atoms with E-state index in [0.717, 1.165) is 5.75 Å². The summed E-state index contributed by atoms with van der Waals surface area (Å²) in [6, 6.07) is 15.0. The van der Waals surface area contributed by atoms with E-state index in [9.17, 15) is 9.59 Å². The number of imidazole rings is 1. The molecule has 0 aliphatic carbocycles. The predicted octanol–water partition coefficient (Wildman–Crippen LogP) is 3.88. The summed E-state index contributed by atoms with van der Waals surface area (Å²) >= 11 is 0. The van der Waals surface area contributed by atoms with Crippen molar-refractivity contribution in [3.05, 3.63) is 70.9 Å². The Labute approximate surface area is 214 Å². The molecule has 9 heteroatoms. The van der Waals surface area contributed by atoms with Crippen molar-refractivity contribution in [3.8, 4) is 29.0 Å². The monoisotopic (exact) mass is 496 g/mol. The topological polar surface area (TPSA) is 108 Å². The maximum absolute atomic E-state index is 13.7. The number of rotatable bonds is 5. The van der Waals surface area contributed by atoms with Crippen LogP contribution in [-0.4, -0.2) is 43.0 Å². The number of nitrogen functional groups attached to an aromatic ring is 1. The highest BCUT2D eigenvalue weighted by Gasteiger charge is 2.31. The molecule has 1 saturated heterocycles. The first-order valence-electron chi connectivity index (χ1n) is 12.2. The molecule has 0 saturated carbocycles. The predicted molar refractivity (Wildman–Crippen MR) is 142 cm³/mol. The van der Waals surface area contributed by atoms with Gasteiger partial charge in [-0.3, -0.25) is 13.9 Å². The molecule has 0 bridgehead atoms. The third-order valence-electron chi connectivity index (χ3n) is 6.58. The van der Waals surface area contributed by atoms with Gasteiger partial charge in [-0.1, -0.05) is 31.9 Å². The lowest BCUT2D eigenvalue weighted by Gasteiger charge is -2.14. The van der Waals surface area contributed by atoms with Crippen LogP contribution < -0.4 is 16.2 Å². The van der Waals surface area contributed by atoms with Crippen molar-refractivity contribution in [2.45, 2.75) is 39.2 Å². The molecule has 1 atom stereocenters. The smallest absolute Gasteiger partial charge is 0.335 e. The van der Waals surface area contributed by atoms with Gasteiger partial charge in [-0.05, 0) is 67.1 Å². The van der Waals surface area contributed by atoms with E-state index in [0.29, 0.717) is 48.0 Å². The van der Waals surface area contributed by atoms with Crippen molar-refractivity contribution in [1.82, 2.24) is 24.0 Å². The van der Waals surface area contributed by atoms with E-state index in [-0.39, 0.29) is 23.5 Å². The van der Waals surface area contributed by atoms with Crippen molar-refractivity contribution in [1.29, 1.82) is 0 Å². The molecule has 1 aliphatic rings. The van der Waals surface area contributed by atoms with Crippen LogP contribution in [0.15, 0.2) is 59.7 Å². The number of amides is 1. The van der Waals surface area contributed by atoms with Gasteiger partial charge in [-0.15, -0.1) is 0 Å². The van der Waals surface area contributed by atoms with Crippen LogP contribution in [0.3, 0.4) is 0 Å². The molecule has 3 heterocycles. The van der Waals surface area contributed by atoms with E-state index in [4.69, 9.17) is 10.5 Å². The van der Waals surface area contributed by atoms with Crippen molar-refractivity contribution >= 4 is 22.9 Å². The number of anilines is 1. The zero-order valence-corrected chi connectivity index (χ0v) is 21.0. The number of likely N-dealkylation sites (tertiary alicyclic amines) is 1. The fourth-order valence-corrected chi connectivity index (χ4v) is 4.70. The van der Waals surface area contributed by atoms with Crippen molar-refractivity contribution < 1.29 is 9.53 Å². The van der Waals surface area contributed by atoms with E-state index in [2.05, 4.69) is 41.7 Å². The Hall–Kier alpha value is -4.58. The summed E-state index contributed by atoms with van der Waals surface area (Å²) in [6.07, 6.45) is 1.96. The van der Waals surface area contributed by atoms with Gasteiger partial charge in [0.05, 0.1) is 11.7 Å². The van der Waals surface area contributed by atoms with Crippen LogP contribution in [0.5, 0.6) is 11.5 Å². The normalized spacial score (nSPS) is 15.1. The van der Waals surface area contributed by atoms with E-state index in [1.165, 1.54) is 16.5 Å². The van der Waals surface area contributed by atoms with E-state index in [1.54, 1.807) is 28.5 Å². The highest BCUT2D eigenvalue weighted by molar-refractivity contribution is 5.93. The van der Waals surface area contributed by atoms with Crippen LogP contribution >= 0.6 is 0 Å². The van der Waals surface area contributed by atoms with Crippen LogP contribution in [0.4, 0.5) is 5.82 Å². The third kappa shape index (κ3) is 4.54. The second kappa shape index (κ2) is 9.82. The molecular weight excluding hydrogens is 468 g/mol. The summed E-state index contributed by atoms with van der Waals surface area (Å²) in [4.78, 5) is 36.2. The fraction of sp³-hybridized carbons (Fsp3) is 0.286. The second-order valence-electron chi connectivity index (χ2n) is 9.31. The van der Waals surface area contributed by atoms with E-state index < -0.39 is 0 Å². The average molecular weight is 497 g/mol. The molecule has 37 heavy (non-hydrogen) atoms. The molecule has 1 aliphatic heterocycles. The lowest BCUT2D eigenvalue weighted by atomic mass is 10.0. The number of ether oxygens (including phenoxy) is 1. The number of carbonyl (C=O) groups is 1. The number of nitrogens with two attached hydrogens (primary N) is 1. The van der Waals surface area contributed by atoms with Gasteiger partial charge < -0.3 is 15.4 Å². The summed E-state index contributed by atoms with van der Waals surface area (Å²) < 4.78 is 9.18. The first-order valence-corrected chi connectivity index (χ1v) is 12.2. The van der Waals surface area contributed by atoms with Crippen LogP contribution in [0.2, 0.25) is 0 Å². The molecule has 5 rings (SSSR count). The number of nitrogens with zero attached hydrogens (tertiary/aromatic N) is 5. The van der Waals surface area contributed by atoms with Crippen molar-refractivity contribution in [3.63, 3.8) is 0 Å². The SMILES string of the molecule is CC#CC(=O)N1CC[C@@H](n2c(=O)n(-c3ccc(Oc4cccc(C(C)C)c4)cc3)c3c(N)ncnc32)C1. The van der Waals surface area contributed by atoms with Gasteiger partial charge >= 0.3 is 5.69 Å². The molecule has 188 valence electrons. The lowest BCUT2D eigenvalue weighted by molar-refractivity contribution is -0.124. The fourth-order valence-electron chi connectivity index (χ4n) is 4.70. The Balaban J connectivity index is 1.50. The van der Waals surface area contributed by atoms with Gasteiger partial charge in [-0.2, -0.15) is 0 Å². The minimum Gasteiger partial charge on any atom is -0.457 e. The minimum atomic E-state index is -0.290. The van der Waals surface area contributed by atoms with Gasteiger partial charge in [0.15, 0.2) is 11.5 Å². The maximum Gasteiger partial charge on any atom is 0.335 e. The van der Waals surface area contributed by atoms with Crippen molar-refractivity contribution in [2.75, 3.05) is 18.8 Å². The molecule has 1 fully saturated rings. The Morgan fingerprint density at radius 3 is 2.65 bits per heavy atom. The van der Waals surface area contributed by atoms with E-state index in [1.807, 2.05) is 30.3 Å². The first-order chi connectivity index (χ1) is 17.9. The number of hydrogen-bond donors (Lipinski definition) is 1. The molecule has 9 nitrogen and oxygen atoms in total. The molecule has 2 aromatic carbocycles.